The number of hydrogen-bond donors (Lipinski definition) is 2. The van der Waals surface area contributed by atoms with Crippen LogP contribution in [0.15, 0.2) is 30.3 Å². The van der Waals surface area contributed by atoms with Crippen LogP contribution >= 0.6 is 11.3 Å². The van der Waals surface area contributed by atoms with Gasteiger partial charge in [-0.3, -0.25) is 4.90 Å². The van der Waals surface area contributed by atoms with Crippen molar-refractivity contribution in [3.05, 3.63) is 46.6 Å². The topological polar surface area (TPSA) is 73.9 Å². The quantitative estimate of drug-likeness (QED) is 0.763. The Hall–Kier alpha value is -1.96. The van der Waals surface area contributed by atoms with E-state index in [1.165, 1.54) is 15.9 Å². The van der Waals surface area contributed by atoms with E-state index in [0.717, 1.165) is 36.4 Å². The number of aliphatic hydroxyl groups is 1. The molecule has 3 heterocycles. The molecule has 1 atom stereocenters. The molecular weight excluding hydrogens is 324 g/mol. The zero-order valence-corrected chi connectivity index (χ0v) is 14.3. The minimum atomic E-state index is -0.226. The molecule has 24 heavy (non-hydrogen) atoms. The van der Waals surface area contributed by atoms with Gasteiger partial charge in [0.25, 0.3) is 0 Å². The average molecular weight is 344 g/mol. The maximum absolute atomic E-state index is 10.7. The zero-order valence-electron chi connectivity index (χ0n) is 13.5. The highest BCUT2D eigenvalue weighted by Crippen LogP contribution is 2.40. The van der Waals surface area contributed by atoms with Crippen LogP contribution in [-0.2, 0) is 0 Å². The van der Waals surface area contributed by atoms with Crippen LogP contribution in [0.1, 0.15) is 35.1 Å². The number of likely N-dealkylation sites (tertiary alicyclic amines) is 1. The van der Waals surface area contributed by atoms with E-state index in [9.17, 15) is 10.2 Å². The van der Waals surface area contributed by atoms with Crippen LogP contribution in [0.25, 0.3) is 4.96 Å². The minimum absolute atomic E-state index is 0.0486. The van der Waals surface area contributed by atoms with E-state index >= 15 is 0 Å². The van der Waals surface area contributed by atoms with Gasteiger partial charge < -0.3 is 10.2 Å². The molecule has 7 heteroatoms. The first-order valence-corrected chi connectivity index (χ1v) is 8.97. The van der Waals surface area contributed by atoms with Crippen LogP contribution in [0.2, 0.25) is 0 Å². The molecule has 2 N–H and O–H groups in total. The summed E-state index contributed by atoms with van der Waals surface area (Å²) in [6, 6.07) is 10.1. The third-order valence-corrected chi connectivity index (χ3v) is 5.61. The molecular formula is C17H20N4O2S. The van der Waals surface area contributed by atoms with Gasteiger partial charge in [-0.25, -0.2) is 4.98 Å². The van der Waals surface area contributed by atoms with Crippen LogP contribution in [0, 0.1) is 6.92 Å². The van der Waals surface area contributed by atoms with Crippen LogP contribution in [0.5, 0.6) is 5.88 Å². The predicted octanol–water partition coefficient (Wildman–Crippen LogP) is 2.35. The molecule has 3 aromatic rings. The van der Waals surface area contributed by atoms with Crippen molar-refractivity contribution in [1.29, 1.82) is 0 Å². The number of rotatable bonds is 3. The molecule has 1 aliphatic rings. The van der Waals surface area contributed by atoms with Gasteiger partial charge in [0.15, 0.2) is 0 Å². The Morgan fingerprint density at radius 3 is 2.58 bits per heavy atom. The van der Waals surface area contributed by atoms with Gasteiger partial charge in [-0.2, -0.15) is 4.52 Å². The first-order chi connectivity index (χ1) is 11.6. The second kappa shape index (κ2) is 6.16. The Labute approximate surface area is 144 Å². The second-order valence-electron chi connectivity index (χ2n) is 6.22. The molecule has 1 aromatic carbocycles. The lowest BCUT2D eigenvalue weighted by atomic mass is 9.99. The molecule has 6 nitrogen and oxygen atoms in total. The van der Waals surface area contributed by atoms with Crippen molar-refractivity contribution in [3.8, 4) is 5.88 Å². The van der Waals surface area contributed by atoms with Gasteiger partial charge in [0.2, 0.25) is 10.8 Å². The monoisotopic (exact) mass is 344 g/mol. The lowest BCUT2D eigenvalue weighted by molar-refractivity contribution is 0.0689. The average Bonchev–Trinajstić information content (AvgIpc) is 3.09. The van der Waals surface area contributed by atoms with Gasteiger partial charge in [0, 0.05) is 13.1 Å². The highest BCUT2D eigenvalue weighted by Gasteiger charge is 2.31. The fraction of sp³-hybridized carbons (Fsp3) is 0.412. The number of aromatic nitrogens is 3. The van der Waals surface area contributed by atoms with Gasteiger partial charge in [0.1, 0.15) is 5.82 Å². The van der Waals surface area contributed by atoms with E-state index in [2.05, 4.69) is 27.1 Å². The summed E-state index contributed by atoms with van der Waals surface area (Å²) < 4.78 is 1.52. The zero-order chi connectivity index (χ0) is 16.7. The van der Waals surface area contributed by atoms with Crippen LogP contribution < -0.4 is 0 Å². The van der Waals surface area contributed by atoms with Crippen molar-refractivity contribution in [2.75, 3.05) is 13.1 Å². The van der Waals surface area contributed by atoms with Crippen molar-refractivity contribution < 1.29 is 10.2 Å². The van der Waals surface area contributed by atoms with Crippen molar-refractivity contribution in [2.24, 2.45) is 0 Å². The Morgan fingerprint density at radius 2 is 1.92 bits per heavy atom. The molecule has 0 aliphatic carbocycles. The summed E-state index contributed by atoms with van der Waals surface area (Å²) in [5.41, 5.74) is 1.13. The normalized spacial score (nSPS) is 18.2. The van der Waals surface area contributed by atoms with E-state index in [0.29, 0.717) is 10.8 Å². The second-order valence-corrected chi connectivity index (χ2v) is 7.23. The molecule has 1 saturated heterocycles. The maximum atomic E-state index is 10.7. The highest BCUT2D eigenvalue weighted by atomic mass is 32.1. The Kier molecular flexibility index (Phi) is 3.99. The van der Waals surface area contributed by atoms with E-state index in [-0.39, 0.29) is 18.0 Å². The van der Waals surface area contributed by atoms with Gasteiger partial charge in [-0.05, 0) is 25.3 Å². The van der Waals surface area contributed by atoms with Gasteiger partial charge >= 0.3 is 0 Å². The number of aromatic hydroxyl groups is 1. The van der Waals surface area contributed by atoms with E-state index in [4.69, 9.17) is 0 Å². The number of aliphatic hydroxyl groups excluding tert-OH is 1. The highest BCUT2D eigenvalue weighted by molar-refractivity contribution is 7.17. The van der Waals surface area contributed by atoms with Gasteiger partial charge in [-0.15, -0.1) is 5.10 Å². The molecule has 1 fully saturated rings. The number of thiazole rings is 1. The number of piperidine rings is 1. The SMILES string of the molecule is Cc1nc2sc([C@H](c3ccccc3)N3CCC(O)CC3)c(O)n2n1. The molecule has 2 aromatic heterocycles. The first kappa shape index (κ1) is 15.6. The summed E-state index contributed by atoms with van der Waals surface area (Å²) in [4.78, 5) is 8.26. The van der Waals surface area contributed by atoms with Crippen molar-refractivity contribution >= 4 is 16.3 Å². The molecule has 1 aliphatic heterocycles. The lowest BCUT2D eigenvalue weighted by Crippen LogP contribution is -2.38. The smallest absolute Gasteiger partial charge is 0.230 e. The Balaban J connectivity index is 1.79. The molecule has 126 valence electrons. The van der Waals surface area contributed by atoms with E-state index in [1.807, 2.05) is 25.1 Å². The van der Waals surface area contributed by atoms with Crippen LogP contribution in [0.4, 0.5) is 0 Å². The Morgan fingerprint density at radius 1 is 1.21 bits per heavy atom. The summed E-state index contributed by atoms with van der Waals surface area (Å²) in [6.45, 7) is 3.42. The number of benzene rings is 1. The standard InChI is InChI=1S/C17H20N4O2S/c1-11-18-17-21(19-11)16(23)15(24-17)14(12-5-3-2-4-6-12)20-9-7-13(22)8-10-20/h2-6,13-14,22-23H,7-10H2,1H3/t14-/m0/s1. The van der Waals surface area contributed by atoms with Crippen molar-refractivity contribution in [3.63, 3.8) is 0 Å². The third-order valence-electron chi connectivity index (χ3n) is 4.53. The van der Waals surface area contributed by atoms with E-state index < -0.39 is 0 Å². The number of aryl methyl sites for hydroxylation is 1. The summed E-state index contributed by atoms with van der Waals surface area (Å²) in [5.74, 6) is 0.816. The summed E-state index contributed by atoms with van der Waals surface area (Å²) in [7, 11) is 0. The molecule has 0 spiro atoms. The summed E-state index contributed by atoms with van der Waals surface area (Å²) >= 11 is 1.48. The fourth-order valence-corrected chi connectivity index (χ4v) is 4.50. The van der Waals surface area contributed by atoms with Crippen molar-refractivity contribution in [1.82, 2.24) is 19.5 Å². The Bertz CT molecular complexity index is 837. The first-order valence-electron chi connectivity index (χ1n) is 8.15. The molecule has 0 saturated carbocycles. The number of nitrogens with zero attached hydrogens (tertiary/aromatic N) is 4. The summed E-state index contributed by atoms with van der Waals surface area (Å²) in [5, 5.41) is 24.8. The number of fused-ring (bicyclic) bond motifs is 1. The van der Waals surface area contributed by atoms with Gasteiger partial charge in [0.05, 0.1) is 17.0 Å². The molecule has 0 bridgehead atoms. The maximum Gasteiger partial charge on any atom is 0.230 e. The molecule has 0 radical (unpaired) electrons. The van der Waals surface area contributed by atoms with Crippen molar-refractivity contribution in [2.45, 2.75) is 31.9 Å². The molecule has 4 rings (SSSR count). The molecule has 0 amide bonds. The van der Waals surface area contributed by atoms with E-state index in [1.54, 1.807) is 0 Å². The van der Waals surface area contributed by atoms with Crippen LogP contribution in [0.3, 0.4) is 0 Å². The lowest BCUT2D eigenvalue weighted by Gasteiger charge is -2.36. The van der Waals surface area contributed by atoms with Gasteiger partial charge in [-0.1, -0.05) is 41.7 Å². The largest absolute Gasteiger partial charge is 0.492 e. The third kappa shape index (κ3) is 2.68. The summed E-state index contributed by atoms with van der Waals surface area (Å²) in [6.07, 6.45) is 1.28. The fourth-order valence-electron chi connectivity index (χ4n) is 3.33. The predicted molar refractivity (Wildman–Crippen MR) is 92.4 cm³/mol. The number of hydrogen-bond acceptors (Lipinski definition) is 6. The minimum Gasteiger partial charge on any atom is -0.492 e. The van der Waals surface area contributed by atoms with Crippen LogP contribution in [-0.4, -0.2) is 48.9 Å². The molecule has 0 unspecified atom stereocenters.